The van der Waals surface area contributed by atoms with Crippen molar-refractivity contribution < 1.29 is 5.11 Å². The maximum atomic E-state index is 10.1. The number of aliphatic hydroxyl groups is 1. The highest BCUT2D eigenvalue weighted by molar-refractivity contribution is 5.20. The van der Waals surface area contributed by atoms with E-state index in [1.165, 1.54) is 5.56 Å². The third-order valence-corrected chi connectivity index (χ3v) is 3.28. The molecular weight excluding hydrogens is 232 g/mol. The van der Waals surface area contributed by atoms with Crippen LogP contribution in [-0.4, -0.2) is 5.11 Å². The van der Waals surface area contributed by atoms with Crippen LogP contribution in [0, 0.1) is 0 Å². The molecule has 1 atom stereocenters. The Hall–Kier alpha value is -1.86. The second-order valence-electron chi connectivity index (χ2n) is 4.87. The van der Waals surface area contributed by atoms with Crippen LogP contribution in [0.25, 0.3) is 0 Å². The molecule has 19 heavy (non-hydrogen) atoms. The van der Waals surface area contributed by atoms with E-state index in [9.17, 15) is 5.11 Å². The van der Waals surface area contributed by atoms with Gasteiger partial charge in [0.1, 0.15) is 0 Å². The molecule has 0 fully saturated rings. The minimum absolute atomic E-state index is 0.440. The van der Waals surface area contributed by atoms with Gasteiger partial charge in [0.05, 0.1) is 6.10 Å². The maximum absolute atomic E-state index is 10.1. The summed E-state index contributed by atoms with van der Waals surface area (Å²) in [7, 11) is 0. The summed E-state index contributed by atoms with van der Waals surface area (Å²) in [6, 6.07) is 20.1. The van der Waals surface area contributed by atoms with E-state index in [2.05, 4.69) is 30.8 Å². The molecule has 0 bridgehead atoms. The lowest BCUT2D eigenvalue weighted by Gasteiger charge is -2.13. The summed E-state index contributed by atoms with van der Waals surface area (Å²) in [6.45, 7) is 4.08. The van der Waals surface area contributed by atoms with Gasteiger partial charge in [0.15, 0.2) is 0 Å². The Kier molecular flexibility index (Phi) is 4.93. The first-order valence-electron chi connectivity index (χ1n) is 6.69. The Morgan fingerprint density at radius 1 is 0.947 bits per heavy atom. The summed E-state index contributed by atoms with van der Waals surface area (Å²) >= 11 is 0. The van der Waals surface area contributed by atoms with Crippen LogP contribution in [0.4, 0.5) is 0 Å². The average Bonchev–Trinajstić information content (AvgIpc) is 2.47. The summed E-state index contributed by atoms with van der Waals surface area (Å²) in [4.78, 5) is 0. The fraction of sp³-hybridized carbons (Fsp3) is 0.222. The SMILES string of the molecule is C=C(CCc1ccccc1)C[C@@H](O)c1ccccc1. The van der Waals surface area contributed by atoms with Gasteiger partial charge >= 0.3 is 0 Å². The molecule has 1 nitrogen and oxygen atoms in total. The third-order valence-electron chi connectivity index (χ3n) is 3.28. The summed E-state index contributed by atoms with van der Waals surface area (Å²) in [6.07, 6.45) is 2.11. The van der Waals surface area contributed by atoms with E-state index < -0.39 is 6.10 Å². The summed E-state index contributed by atoms with van der Waals surface area (Å²) < 4.78 is 0. The van der Waals surface area contributed by atoms with Crippen LogP contribution < -0.4 is 0 Å². The van der Waals surface area contributed by atoms with Crippen LogP contribution in [0.5, 0.6) is 0 Å². The van der Waals surface area contributed by atoms with Crippen molar-refractivity contribution in [2.24, 2.45) is 0 Å². The maximum Gasteiger partial charge on any atom is 0.0827 e. The Balaban J connectivity index is 1.82. The number of hydrogen-bond acceptors (Lipinski definition) is 1. The van der Waals surface area contributed by atoms with Crippen molar-refractivity contribution in [1.82, 2.24) is 0 Å². The molecule has 0 aromatic heterocycles. The molecule has 1 heteroatoms. The molecule has 0 spiro atoms. The van der Waals surface area contributed by atoms with Crippen molar-refractivity contribution in [2.75, 3.05) is 0 Å². The van der Waals surface area contributed by atoms with Gasteiger partial charge in [-0.2, -0.15) is 0 Å². The molecule has 0 saturated carbocycles. The highest BCUT2D eigenvalue weighted by Gasteiger charge is 2.08. The summed E-state index contributed by atoms with van der Waals surface area (Å²) in [5, 5.41) is 10.1. The predicted octanol–water partition coefficient (Wildman–Crippen LogP) is 4.30. The number of hydrogen-bond donors (Lipinski definition) is 1. The van der Waals surface area contributed by atoms with Crippen molar-refractivity contribution in [1.29, 1.82) is 0 Å². The van der Waals surface area contributed by atoms with Gasteiger partial charge in [-0.3, -0.25) is 0 Å². The lowest BCUT2D eigenvalue weighted by molar-refractivity contribution is 0.177. The number of rotatable bonds is 6. The normalized spacial score (nSPS) is 12.1. The molecule has 0 unspecified atom stereocenters. The lowest BCUT2D eigenvalue weighted by Crippen LogP contribution is -1.99. The lowest BCUT2D eigenvalue weighted by atomic mass is 9.98. The van der Waals surface area contributed by atoms with E-state index in [1.54, 1.807) is 0 Å². The zero-order valence-electron chi connectivity index (χ0n) is 11.1. The zero-order valence-corrected chi connectivity index (χ0v) is 11.1. The summed E-state index contributed by atoms with van der Waals surface area (Å²) in [5.41, 5.74) is 3.38. The average molecular weight is 252 g/mol. The molecular formula is C18H20O. The smallest absolute Gasteiger partial charge is 0.0827 e. The molecule has 0 aliphatic rings. The minimum Gasteiger partial charge on any atom is -0.388 e. The number of benzene rings is 2. The molecule has 0 heterocycles. The van der Waals surface area contributed by atoms with Gasteiger partial charge in [-0.05, 0) is 30.4 Å². The molecule has 1 N–H and O–H groups in total. The predicted molar refractivity (Wildman–Crippen MR) is 79.9 cm³/mol. The first-order chi connectivity index (χ1) is 9.25. The Morgan fingerprint density at radius 2 is 1.53 bits per heavy atom. The second kappa shape index (κ2) is 6.91. The van der Waals surface area contributed by atoms with Crippen molar-refractivity contribution in [3.05, 3.63) is 83.9 Å². The fourth-order valence-electron chi connectivity index (χ4n) is 2.13. The molecule has 0 aliphatic carbocycles. The topological polar surface area (TPSA) is 20.2 Å². The second-order valence-corrected chi connectivity index (χ2v) is 4.87. The van der Waals surface area contributed by atoms with Crippen molar-refractivity contribution >= 4 is 0 Å². The van der Waals surface area contributed by atoms with Crippen molar-refractivity contribution in [3.8, 4) is 0 Å². The van der Waals surface area contributed by atoms with Crippen LogP contribution >= 0.6 is 0 Å². The quantitative estimate of drug-likeness (QED) is 0.760. The van der Waals surface area contributed by atoms with Crippen LogP contribution in [0.1, 0.15) is 30.1 Å². The van der Waals surface area contributed by atoms with E-state index in [4.69, 9.17) is 0 Å². The molecule has 2 aromatic carbocycles. The van der Waals surface area contributed by atoms with Gasteiger partial charge < -0.3 is 5.11 Å². The van der Waals surface area contributed by atoms with Crippen LogP contribution in [0.15, 0.2) is 72.8 Å². The monoisotopic (exact) mass is 252 g/mol. The molecule has 98 valence electrons. The van der Waals surface area contributed by atoms with E-state index in [1.807, 2.05) is 36.4 Å². The fourth-order valence-corrected chi connectivity index (χ4v) is 2.13. The molecule has 2 aromatic rings. The van der Waals surface area contributed by atoms with E-state index >= 15 is 0 Å². The highest BCUT2D eigenvalue weighted by Crippen LogP contribution is 2.22. The molecule has 0 radical (unpaired) electrons. The molecule has 0 saturated heterocycles. The van der Waals surface area contributed by atoms with E-state index in [0.717, 1.165) is 24.0 Å². The van der Waals surface area contributed by atoms with Gasteiger partial charge in [0.2, 0.25) is 0 Å². The van der Waals surface area contributed by atoms with E-state index in [-0.39, 0.29) is 0 Å². The standard InChI is InChI=1S/C18H20O/c1-15(12-13-16-8-4-2-5-9-16)14-18(19)17-10-6-3-7-11-17/h2-11,18-19H,1,12-14H2/t18-/m1/s1. The Labute approximate surface area is 115 Å². The largest absolute Gasteiger partial charge is 0.388 e. The van der Waals surface area contributed by atoms with Gasteiger partial charge in [-0.15, -0.1) is 0 Å². The highest BCUT2D eigenvalue weighted by atomic mass is 16.3. The van der Waals surface area contributed by atoms with Crippen LogP contribution in [0.3, 0.4) is 0 Å². The van der Waals surface area contributed by atoms with E-state index in [0.29, 0.717) is 6.42 Å². The number of aliphatic hydroxyl groups excluding tert-OH is 1. The molecule has 2 rings (SSSR count). The van der Waals surface area contributed by atoms with Gasteiger partial charge in [0, 0.05) is 0 Å². The van der Waals surface area contributed by atoms with Gasteiger partial charge in [-0.25, -0.2) is 0 Å². The first kappa shape index (κ1) is 13.6. The summed E-state index contributed by atoms with van der Waals surface area (Å²) in [5.74, 6) is 0. The Bertz CT molecular complexity index is 502. The molecule has 0 amide bonds. The van der Waals surface area contributed by atoms with Gasteiger partial charge in [-0.1, -0.05) is 72.8 Å². The zero-order chi connectivity index (χ0) is 13.5. The van der Waals surface area contributed by atoms with Crippen molar-refractivity contribution in [3.63, 3.8) is 0 Å². The number of aryl methyl sites for hydroxylation is 1. The van der Waals surface area contributed by atoms with Gasteiger partial charge in [0.25, 0.3) is 0 Å². The first-order valence-corrected chi connectivity index (χ1v) is 6.69. The van der Waals surface area contributed by atoms with Crippen LogP contribution in [-0.2, 0) is 6.42 Å². The Morgan fingerprint density at radius 3 is 2.16 bits per heavy atom. The minimum atomic E-state index is -0.440. The molecule has 0 aliphatic heterocycles. The van der Waals surface area contributed by atoms with Crippen LogP contribution in [0.2, 0.25) is 0 Å². The third kappa shape index (κ3) is 4.38. The van der Waals surface area contributed by atoms with Crippen molar-refractivity contribution in [2.45, 2.75) is 25.4 Å².